The fourth-order valence-corrected chi connectivity index (χ4v) is 3.87. The molecule has 1 amide bonds. The molecule has 0 radical (unpaired) electrons. The zero-order valence-corrected chi connectivity index (χ0v) is 16.7. The second kappa shape index (κ2) is 9.29. The second-order valence-electron chi connectivity index (χ2n) is 7.66. The maximum Gasteiger partial charge on any atom is 0.223 e. The average Bonchev–Trinajstić information content (AvgIpc) is 2.95. The van der Waals surface area contributed by atoms with Crippen molar-refractivity contribution in [2.75, 3.05) is 39.5 Å². The second-order valence-corrected chi connectivity index (χ2v) is 7.66. The smallest absolute Gasteiger partial charge is 0.223 e. The molecule has 1 N–H and O–H groups in total. The van der Waals surface area contributed by atoms with Gasteiger partial charge in [-0.3, -0.25) is 9.69 Å². The number of fused-ring (bicyclic) bond motifs is 1. The van der Waals surface area contributed by atoms with Gasteiger partial charge in [-0.1, -0.05) is 24.3 Å². The fraction of sp³-hybridized carbons (Fsp3) is 0.435. The quantitative estimate of drug-likeness (QED) is 0.842. The SMILES string of the molecule is O=C(CCc1ccc2c(c1)CN(Cc1ccc(O)cc1)CCO2)N1CCOCC1. The van der Waals surface area contributed by atoms with Gasteiger partial charge >= 0.3 is 0 Å². The number of aromatic hydroxyl groups is 1. The molecule has 0 unspecified atom stereocenters. The number of phenols is 1. The molecule has 0 aliphatic carbocycles. The summed E-state index contributed by atoms with van der Waals surface area (Å²) in [5.74, 6) is 1.42. The molecule has 2 aromatic carbocycles. The first kappa shape index (κ1) is 19.7. The largest absolute Gasteiger partial charge is 0.508 e. The van der Waals surface area contributed by atoms with Gasteiger partial charge in [0.1, 0.15) is 18.1 Å². The highest BCUT2D eigenvalue weighted by Crippen LogP contribution is 2.26. The summed E-state index contributed by atoms with van der Waals surface area (Å²) >= 11 is 0. The van der Waals surface area contributed by atoms with Gasteiger partial charge in [0.25, 0.3) is 0 Å². The number of benzene rings is 2. The summed E-state index contributed by atoms with van der Waals surface area (Å²) in [4.78, 5) is 16.7. The van der Waals surface area contributed by atoms with E-state index in [4.69, 9.17) is 9.47 Å². The lowest BCUT2D eigenvalue weighted by molar-refractivity contribution is -0.135. The van der Waals surface area contributed by atoms with Crippen molar-refractivity contribution in [3.05, 3.63) is 59.2 Å². The molecule has 0 atom stereocenters. The summed E-state index contributed by atoms with van der Waals surface area (Å²) in [6.45, 7) is 5.79. The predicted octanol–water partition coefficient (Wildman–Crippen LogP) is 2.58. The molecular formula is C23H28N2O4. The van der Waals surface area contributed by atoms with E-state index in [2.05, 4.69) is 17.0 Å². The molecule has 1 saturated heterocycles. The number of aryl methyl sites for hydroxylation is 1. The zero-order valence-electron chi connectivity index (χ0n) is 16.7. The van der Waals surface area contributed by atoms with Crippen molar-refractivity contribution in [2.45, 2.75) is 25.9 Å². The van der Waals surface area contributed by atoms with Crippen LogP contribution in [0.15, 0.2) is 42.5 Å². The van der Waals surface area contributed by atoms with E-state index in [-0.39, 0.29) is 11.7 Å². The Morgan fingerprint density at radius 2 is 1.72 bits per heavy atom. The Kier molecular flexibility index (Phi) is 6.32. The van der Waals surface area contributed by atoms with Crippen LogP contribution in [0, 0.1) is 0 Å². The third kappa shape index (κ3) is 5.28. The summed E-state index contributed by atoms with van der Waals surface area (Å²) in [5.41, 5.74) is 3.50. The fourth-order valence-electron chi connectivity index (χ4n) is 3.87. The van der Waals surface area contributed by atoms with Crippen LogP contribution in [0.4, 0.5) is 0 Å². The summed E-state index contributed by atoms with van der Waals surface area (Å²) < 4.78 is 11.3. The Bertz CT molecular complexity index is 831. The van der Waals surface area contributed by atoms with Crippen molar-refractivity contribution in [3.63, 3.8) is 0 Å². The Morgan fingerprint density at radius 3 is 2.52 bits per heavy atom. The van der Waals surface area contributed by atoms with Crippen LogP contribution < -0.4 is 4.74 Å². The minimum Gasteiger partial charge on any atom is -0.508 e. The molecule has 2 aliphatic heterocycles. The van der Waals surface area contributed by atoms with E-state index >= 15 is 0 Å². The molecule has 0 aromatic heterocycles. The molecule has 29 heavy (non-hydrogen) atoms. The van der Waals surface area contributed by atoms with Crippen molar-refractivity contribution in [3.8, 4) is 11.5 Å². The Hall–Kier alpha value is -2.57. The molecule has 6 heteroatoms. The number of phenolic OH excluding ortho intramolecular Hbond substituents is 1. The molecule has 2 aromatic rings. The lowest BCUT2D eigenvalue weighted by Crippen LogP contribution is -2.40. The van der Waals surface area contributed by atoms with Crippen LogP contribution in [-0.4, -0.2) is 60.3 Å². The molecule has 2 heterocycles. The van der Waals surface area contributed by atoms with Crippen molar-refractivity contribution in [1.29, 1.82) is 0 Å². The summed E-state index contributed by atoms with van der Waals surface area (Å²) in [6.07, 6.45) is 1.26. The number of hydrogen-bond acceptors (Lipinski definition) is 5. The van der Waals surface area contributed by atoms with Gasteiger partial charge in [0.15, 0.2) is 0 Å². The van der Waals surface area contributed by atoms with E-state index < -0.39 is 0 Å². The number of carbonyl (C=O) groups excluding carboxylic acids is 1. The molecule has 0 spiro atoms. The van der Waals surface area contributed by atoms with Gasteiger partial charge in [-0.15, -0.1) is 0 Å². The van der Waals surface area contributed by atoms with E-state index in [0.717, 1.165) is 37.4 Å². The van der Waals surface area contributed by atoms with Crippen LogP contribution >= 0.6 is 0 Å². The zero-order chi connectivity index (χ0) is 20.1. The lowest BCUT2D eigenvalue weighted by Gasteiger charge is -2.26. The van der Waals surface area contributed by atoms with Crippen LogP contribution in [0.1, 0.15) is 23.1 Å². The number of ether oxygens (including phenoxy) is 2. The summed E-state index contributed by atoms with van der Waals surface area (Å²) in [7, 11) is 0. The first-order valence-corrected chi connectivity index (χ1v) is 10.3. The third-order valence-electron chi connectivity index (χ3n) is 5.52. The Balaban J connectivity index is 1.38. The van der Waals surface area contributed by atoms with Crippen LogP contribution in [0.2, 0.25) is 0 Å². The Morgan fingerprint density at radius 1 is 0.966 bits per heavy atom. The van der Waals surface area contributed by atoms with Gasteiger partial charge in [0.2, 0.25) is 5.91 Å². The highest BCUT2D eigenvalue weighted by Gasteiger charge is 2.18. The standard InChI is InChI=1S/C23H28N2O4/c26-21-5-1-19(2-6-21)16-24-9-14-29-22-7-3-18(15-20(22)17-24)4-8-23(27)25-10-12-28-13-11-25/h1-3,5-7,15,26H,4,8-14,16-17H2. The molecule has 4 rings (SSSR count). The topological polar surface area (TPSA) is 62.2 Å². The maximum absolute atomic E-state index is 12.4. The van der Waals surface area contributed by atoms with Gasteiger partial charge in [0, 0.05) is 44.7 Å². The highest BCUT2D eigenvalue weighted by atomic mass is 16.5. The number of hydrogen-bond donors (Lipinski definition) is 1. The van der Waals surface area contributed by atoms with E-state index in [1.54, 1.807) is 12.1 Å². The molecule has 0 saturated carbocycles. The van der Waals surface area contributed by atoms with Crippen LogP contribution in [0.5, 0.6) is 11.5 Å². The average molecular weight is 396 g/mol. The summed E-state index contributed by atoms with van der Waals surface area (Å²) in [5, 5.41) is 9.47. The van der Waals surface area contributed by atoms with Crippen LogP contribution in [0.3, 0.4) is 0 Å². The van der Waals surface area contributed by atoms with E-state index in [0.29, 0.717) is 39.3 Å². The number of carbonyl (C=O) groups is 1. The number of rotatable bonds is 5. The first-order chi connectivity index (χ1) is 14.2. The van der Waals surface area contributed by atoms with E-state index in [1.165, 1.54) is 11.1 Å². The van der Waals surface area contributed by atoms with Gasteiger partial charge < -0.3 is 19.5 Å². The number of amides is 1. The van der Waals surface area contributed by atoms with E-state index in [9.17, 15) is 9.90 Å². The minimum absolute atomic E-state index is 0.202. The monoisotopic (exact) mass is 396 g/mol. The van der Waals surface area contributed by atoms with E-state index in [1.807, 2.05) is 23.1 Å². The first-order valence-electron chi connectivity index (χ1n) is 10.3. The maximum atomic E-state index is 12.4. The third-order valence-corrected chi connectivity index (χ3v) is 5.52. The van der Waals surface area contributed by atoms with Crippen molar-refractivity contribution in [2.24, 2.45) is 0 Å². The lowest BCUT2D eigenvalue weighted by atomic mass is 10.0. The molecule has 0 bridgehead atoms. The highest BCUT2D eigenvalue weighted by molar-refractivity contribution is 5.76. The van der Waals surface area contributed by atoms with Crippen molar-refractivity contribution < 1.29 is 19.4 Å². The minimum atomic E-state index is 0.202. The van der Waals surface area contributed by atoms with Gasteiger partial charge in [-0.25, -0.2) is 0 Å². The number of morpholine rings is 1. The van der Waals surface area contributed by atoms with Gasteiger partial charge in [-0.2, -0.15) is 0 Å². The molecule has 154 valence electrons. The van der Waals surface area contributed by atoms with Crippen molar-refractivity contribution >= 4 is 5.91 Å². The molecular weight excluding hydrogens is 368 g/mol. The molecule has 2 aliphatic rings. The predicted molar refractivity (Wildman–Crippen MR) is 110 cm³/mol. The Labute approximate surface area is 171 Å². The number of nitrogens with zero attached hydrogens (tertiary/aromatic N) is 2. The van der Waals surface area contributed by atoms with Crippen LogP contribution in [-0.2, 0) is 29.0 Å². The summed E-state index contributed by atoms with van der Waals surface area (Å²) in [6, 6.07) is 13.6. The normalized spacial score (nSPS) is 17.3. The molecule has 6 nitrogen and oxygen atoms in total. The van der Waals surface area contributed by atoms with Gasteiger partial charge in [0.05, 0.1) is 13.2 Å². The van der Waals surface area contributed by atoms with Crippen LogP contribution in [0.25, 0.3) is 0 Å². The van der Waals surface area contributed by atoms with Gasteiger partial charge in [-0.05, 0) is 35.7 Å². The van der Waals surface area contributed by atoms with Crippen molar-refractivity contribution in [1.82, 2.24) is 9.80 Å². The molecule has 1 fully saturated rings.